The number of hydrogen-bond acceptors (Lipinski definition) is 3. The Morgan fingerprint density at radius 3 is 2.47 bits per heavy atom. The molecule has 0 aliphatic rings. The van der Waals surface area contributed by atoms with Crippen LogP contribution >= 0.6 is 23.2 Å². The number of aromatic nitrogens is 2. The summed E-state index contributed by atoms with van der Waals surface area (Å²) in [6, 6.07) is 4.58. The van der Waals surface area contributed by atoms with Crippen molar-refractivity contribution in [1.82, 2.24) is 9.78 Å². The van der Waals surface area contributed by atoms with Crippen LogP contribution in [0.2, 0.25) is 10.0 Å². The molecule has 0 aliphatic heterocycles. The second-order valence-electron chi connectivity index (χ2n) is 3.86. The monoisotopic (exact) mass is 347 g/mol. The fraction of sp³-hybridized carbons (Fsp3) is 0.167. The van der Waals surface area contributed by atoms with Gasteiger partial charge in [0, 0.05) is 34.7 Å². The predicted octanol–water partition coefficient (Wildman–Crippen LogP) is 2.97. The number of halogens is 2. The van der Waals surface area contributed by atoms with Crippen molar-refractivity contribution in [3.63, 3.8) is 0 Å². The van der Waals surface area contributed by atoms with Crippen LogP contribution in [0.15, 0.2) is 18.2 Å². The molecule has 2 aromatic rings. The molecule has 1 radical (unpaired) electrons. The normalized spacial score (nSPS) is 10.1. The van der Waals surface area contributed by atoms with E-state index in [2.05, 4.69) is 5.10 Å². The molecule has 1 heterocycles. The summed E-state index contributed by atoms with van der Waals surface area (Å²) in [4.78, 5) is 12.3. The molecule has 0 spiro atoms. The van der Waals surface area contributed by atoms with Crippen LogP contribution in [0.1, 0.15) is 21.6 Å². The SMILES string of the molecule is Cc1nn(C)c(O)c1C(=O)c1ccc(Cl)cc1Cl.[Cu]. The van der Waals surface area contributed by atoms with E-state index in [-0.39, 0.29) is 44.9 Å². The molecule has 19 heavy (non-hydrogen) atoms. The zero-order valence-corrected chi connectivity index (χ0v) is 12.5. The maximum absolute atomic E-state index is 12.3. The van der Waals surface area contributed by atoms with E-state index in [0.29, 0.717) is 10.7 Å². The Morgan fingerprint density at radius 2 is 2.00 bits per heavy atom. The molecule has 0 saturated heterocycles. The third kappa shape index (κ3) is 2.95. The van der Waals surface area contributed by atoms with E-state index in [0.717, 1.165) is 0 Å². The molecule has 4 nitrogen and oxygen atoms in total. The van der Waals surface area contributed by atoms with Gasteiger partial charge in [-0.2, -0.15) is 5.10 Å². The third-order valence-electron chi connectivity index (χ3n) is 2.59. The van der Waals surface area contributed by atoms with Crippen LogP contribution < -0.4 is 0 Å². The smallest absolute Gasteiger partial charge is 0.220 e. The van der Waals surface area contributed by atoms with E-state index in [4.69, 9.17) is 23.2 Å². The van der Waals surface area contributed by atoms with Gasteiger partial charge in [-0.15, -0.1) is 0 Å². The minimum absolute atomic E-state index is 0. The van der Waals surface area contributed by atoms with Crippen molar-refractivity contribution >= 4 is 29.0 Å². The van der Waals surface area contributed by atoms with Crippen molar-refractivity contribution in [2.75, 3.05) is 0 Å². The zero-order chi connectivity index (χ0) is 13.4. The summed E-state index contributed by atoms with van der Waals surface area (Å²) in [5.74, 6) is -0.553. The molecule has 1 aromatic carbocycles. The van der Waals surface area contributed by atoms with Crippen molar-refractivity contribution < 1.29 is 27.0 Å². The first kappa shape index (κ1) is 16.1. The summed E-state index contributed by atoms with van der Waals surface area (Å²) in [6.07, 6.45) is 0. The molecule has 0 unspecified atom stereocenters. The summed E-state index contributed by atoms with van der Waals surface area (Å²) in [7, 11) is 1.56. The van der Waals surface area contributed by atoms with Crippen molar-refractivity contribution in [3.05, 3.63) is 45.1 Å². The van der Waals surface area contributed by atoms with Crippen LogP contribution in [0.5, 0.6) is 5.88 Å². The van der Waals surface area contributed by atoms with Crippen LogP contribution in [-0.2, 0) is 24.1 Å². The second kappa shape index (κ2) is 5.97. The number of nitrogens with zero attached hydrogens (tertiary/aromatic N) is 2. The Balaban J connectivity index is 0.00000180. The van der Waals surface area contributed by atoms with E-state index < -0.39 is 0 Å². The van der Waals surface area contributed by atoms with Gasteiger partial charge in [0.15, 0.2) is 0 Å². The van der Waals surface area contributed by atoms with Crippen molar-refractivity contribution in [2.24, 2.45) is 7.05 Å². The van der Waals surface area contributed by atoms with E-state index in [1.807, 2.05) is 0 Å². The first-order chi connectivity index (χ1) is 8.41. The van der Waals surface area contributed by atoms with E-state index in [1.165, 1.54) is 16.8 Å². The summed E-state index contributed by atoms with van der Waals surface area (Å²) >= 11 is 11.7. The van der Waals surface area contributed by atoms with Gasteiger partial charge >= 0.3 is 0 Å². The maximum Gasteiger partial charge on any atom is 0.220 e. The number of benzene rings is 1. The Hall–Kier alpha value is -1.00. The fourth-order valence-electron chi connectivity index (χ4n) is 1.72. The number of aromatic hydroxyl groups is 1. The number of hydrogen-bond donors (Lipinski definition) is 1. The Labute approximate surface area is 130 Å². The molecule has 2 rings (SSSR count). The number of aryl methyl sites for hydroxylation is 2. The number of rotatable bonds is 2. The molecular weight excluding hydrogens is 339 g/mol. The van der Waals surface area contributed by atoms with Gasteiger partial charge in [0.05, 0.1) is 10.7 Å². The van der Waals surface area contributed by atoms with Crippen molar-refractivity contribution in [2.45, 2.75) is 6.92 Å². The van der Waals surface area contributed by atoms with Gasteiger partial charge in [-0.1, -0.05) is 23.2 Å². The first-order valence-electron chi connectivity index (χ1n) is 5.14. The molecule has 0 bridgehead atoms. The Bertz CT molecular complexity index is 641. The first-order valence-corrected chi connectivity index (χ1v) is 5.89. The molecule has 7 heteroatoms. The molecule has 0 amide bonds. The molecular formula is C12H10Cl2CuN2O2. The minimum Gasteiger partial charge on any atom is -0.493 e. The topological polar surface area (TPSA) is 55.1 Å². The summed E-state index contributed by atoms with van der Waals surface area (Å²) in [6.45, 7) is 1.65. The molecule has 0 fully saturated rings. The molecule has 1 aromatic heterocycles. The van der Waals surface area contributed by atoms with Gasteiger partial charge in [0.2, 0.25) is 11.7 Å². The number of carbonyl (C=O) groups is 1. The quantitative estimate of drug-likeness (QED) is 0.670. The zero-order valence-electron chi connectivity index (χ0n) is 10.0. The average molecular weight is 349 g/mol. The molecule has 105 valence electrons. The molecule has 0 aliphatic carbocycles. The standard InChI is InChI=1S/C12H10Cl2N2O2.Cu/c1-6-10(12(18)16(2)15-6)11(17)8-4-3-7(13)5-9(8)14;/h3-5,18H,1-2H3;. The second-order valence-corrected chi connectivity index (χ2v) is 4.70. The van der Waals surface area contributed by atoms with Gasteiger partial charge < -0.3 is 5.11 Å². The molecule has 0 atom stereocenters. The fourth-order valence-corrected chi connectivity index (χ4v) is 2.21. The van der Waals surface area contributed by atoms with E-state index >= 15 is 0 Å². The summed E-state index contributed by atoms with van der Waals surface area (Å²) < 4.78 is 1.24. The average Bonchev–Trinajstić information content (AvgIpc) is 2.52. The van der Waals surface area contributed by atoms with Gasteiger partial charge in [-0.25, -0.2) is 4.68 Å². The molecule has 1 N–H and O–H groups in total. The van der Waals surface area contributed by atoms with E-state index in [9.17, 15) is 9.90 Å². The predicted molar refractivity (Wildman–Crippen MR) is 69.5 cm³/mol. The summed E-state index contributed by atoms with van der Waals surface area (Å²) in [5.41, 5.74) is 0.889. The van der Waals surface area contributed by atoms with Crippen molar-refractivity contribution in [3.8, 4) is 5.88 Å². The van der Waals surface area contributed by atoms with Crippen molar-refractivity contribution in [1.29, 1.82) is 0 Å². The maximum atomic E-state index is 12.3. The van der Waals surface area contributed by atoms with Crippen LogP contribution in [0.4, 0.5) is 0 Å². The number of carbonyl (C=O) groups excluding carboxylic acids is 1. The Kier molecular flexibility index (Phi) is 5.04. The van der Waals surface area contributed by atoms with Crippen LogP contribution in [0.3, 0.4) is 0 Å². The Morgan fingerprint density at radius 1 is 1.37 bits per heavy atom. The van der Waals surface area contributed by atoms with Crippen LogP contribution in [-0.4, -0.2) is 20.7 Å². The van der Waals surface area contributed by atoms with Gasteiger partial charge in [-0.05, 0) is 25.1 Å². The summed E-state index contributed by atoms with van der Waals surface area (Å²) in [5, 5.41) is 14.5. The minimum atomic E-state index is -0.375. The van der Waals surface area contributed by atoms with Crippen LogP contribution in [0.25, 0.3) is 0 Å². The largest absolute Gasteiger partial charge is 0.493 e. The third-order valence-corrected chi connectivity index (χ3v) is 3.14. The number of ketones is 1. The van der Waals surface area contributed by atoms with Crippen LogP contribution in [0, 0.1) is 6.92 Å². The molecule has 0 saturated carbocycles. The van der Waals surface area contributed by atoms with Gasteiger partial charge in [-0.3, -0.25) is 4.79 Å². The van der Waals surface area contributed by atoms with E-state index in [1.54, 1.807) is 20.0 Å². The van der Waals surface area contributed by atoms with Gasteiger partial charge in [0.1, 0.15) is 5.56 Å². The van der Waals surface area contributed by atoms with Gasteiger partial charge in [0.25, 0.3) is 0 Å².